The van der Waals surface area contributed by atoms with Crippen LogP contribution in [0.5, 0.6) is 0 Å². The normalized spacial score (nSPS) is 17.3. The van der Waals surface area contributed by atoms with E-state index >= 15 is 0 Å². The number of hydrogen-bond acceptors (Lipinski definition) is 4. The largest absolute Gasteiger partial charge is 0.383 e. The smallest absolute Gasteiger partial charge is 0.0615 e. The zero-order valence-corrected chi connectivity index (χ0v) is 11.1. The lowest BCUT2D eigenvalue weighted by Crippen LogP contribution is -2.34. The zero-order valence-electron chi connectivity index (χ0n) is 11.1. The minimum Gasteiger partial charge on any atom is -0.383 e. The van der Waals surface area contributed by atoms with Gasteiger partial charge in [0.05, 0.1) is 6.61 Å². The van der Waals surface area contributed by atoms with Gasteiger partial charge in [-0.3, -0.25) is 0 Å². The molecule has 0 heterocycles. The van der Waals surface area contributed by atoms with Gasteiger partial charge in [-0.1, -0.05) is 0 Å². The average molecular weight is 244 g/mol. The van der Waals surface area contributed by atoms with Crippen molar-refractivity contribution in [3.63, 3.8) is 0 Å². The summed E-state index contributed by atoms with van der Waals surface area (Å²) in [7, 11) is 1.75. The van der Waals surface area contributed by atoms with Gasteiger partial charge in [0.15, 0.2) is 0 Å². The van der Waals surface area contributed by atoms with Crippen LogP contribution < -0.4 is 11.1 Å². The van der Waals surface area contributed by atoms with Crippen LogP contribution in [0.25, 0.3) is 0 Å². The van der Waals surface area contributed by atoms with E-state index in [9.17, 15) is 0 Å². The van der Waals surface area contributed by atoms with Crippen LogP contribution >= 0.6 is 0 Å². The molecule has 1 unspecified atom stereocenters. The van der Waals surface area contributed by atoms with Crippen LogP contribution in [0.1, 0.15) is 32.1 Å². The van der Waals surface area contributed by atoms with Crippen molar-refractivity contribution >= 4 is 0 Å². The van der Waals surface area contributed by atoms with E-state index in [1.165, 1.54) is 12.8 Å². The maximum Gasteiger partial charge on any atom is 0.0615 e. The summed E-state index contributed by atoms with van der Waals surface area (Å²) in [5.74, 6) is 0.869. The molecule has 0 bridgehead atoms. The maximum absolute atomic E-state index is 5.59. The van der Waals surface area contributed by atoms with Crippen molar-refractivity contribution in [3.05, 3.63) is 0 Å². The van der Waals surface area contributed by atoms with E-state index in [4.69, 9.17) is 15.2 Å². The molecule has 1 aliphatic rings. The molecule has 1 aliphatic carbocycles. The first-order valence-corrected chi connectivity index (χ1v) is 6.87. The Hall–Kier alpha value is -0.160. The highest BCUT2D eigenvalue weighted by Gasteiger charge is 2.20. The first-order valence-electron chi connectivity index (χ1n) is 6.87. The molecule has 17 heavy (non-hydrogen) atoms. The molecule has 4 nitrogen and oxygen atoms in total. The van der Waals surface area contributed by atoms with Gasteiger partial charge in [0.1, 0.15) is 0 Å². The van der Waals surface area contributed by atoms with Crippen LogP contribution in [-0.2, 0) is 9.47 Å². The molecule has 1 saturated carbocycles. The van der Waals surface area contributed by atoms with Crippen molar-refractivity contribution in [1.29, 1.82) is 0 Å². The molecule has 0 aromatic heterocycles. The van der Waals surface area contributed by atoms with E-state index in [-0.39, 0.29) is 0 Å². The molecule has 102 valence electrons. The quantitative estimate of drug-likeness (QED) is 0.506. The molecule has 0 saturated heterocycles. The van der Waals surface area contributed by atoms with Gasteiger partial charge in [-0.25, -0.2) is 0 Å². The second-order valence-electron chi connectivity index (χ2n) is 4.91. The molecule has 0 radical (unpaired) electrons. The van der Waals surface area contributed by atoms with E-state index in [1.807, 2.05) is 0 Å². The SMILES string of the molecule is COCC(CCCN)NCCCOCC1CC1. The number of hydrogen-bond donors (Lipinski definition) is 2. The zero-order chi connectivity index (χ0) is 12.3. The highest BCUT2D eigenvalue weighted by atomic mass is 16.5. The first kappa shape index (κ1) is 14.9. The van der Waals surface area contributed by atoms with Crippen molar-refractivity contribution in [2.24, 2.45) is 11.7 Å². The van der Waals surface area contributed by atoms with Crippen LogP contribution in [0, 0.1) is 5.92 Å². The highest BCUT2D eigenvalue weighted by Crippen LogP contribution is 2.28. The third-order valence-corrected chi connectivity index (χ3v) is 3.07. The fourth-order valence-electron chi connectivity index (χ4n) is 1.82. The van der Waals surface area contributed by atoms with Gasteiger partial charge in [0.2, 0.25) is 0 Å². The van der Waals surface area contributed by atoms with Gasteiger partial charge in [0, 0.05) is 26.4 Å². The van der Waals surface area contributed by atoms with Gasteiger partial charge in [-0.2, -0.15) is 0 Å². The summed E-state index contributed by atoms with van der Waals surface area (Å²) in [4.78, 5) is 0. The van der Waals surface area contributed by atoms with Gasteiger partial charge >= 0.3 is 0 Å². The Balaban J connectivity index is 1.88. The highest BCUT2D eigenvalue weighted by molar-refractivity contribution is 4.72. The van der Waals surface area contributed by atoms with Crippen LogP contribution in [-0.4, -0.2) is 46.1 Å². The molecule has 0 aliphatic heterocycles. The summed E-state index contributed by atoms with van der Waals surface area (Å²) in [5, 5.41) is 3.50. The Bertz CT molecular complexity index is 175. The van der Waals surface area contributed by atoms with E-state index in [0.29, 0.717) is 6.04 Å². The van der Waals surface area contributed by atoms with Crippen LogP contribution in [0.4, 0.5) is 0 Å². The monoisotopic (exact) mass is 244 g/mol. The van der Waals surface area contributed by atoms with E-state index in [0.717, 1.165) is 58.1 Å². The fourth-order valence-corrected chi connectivity index (χ4v) is 1.82. The molecular weight excluding hydrogens is 216 g/mol. The number of nitrogens with one attached hydrogen (secondary N) is 1. The minimum absolute atomic E-state index is 0.437. The first-order chi connectivity index (χ1) is 8.36. The number of methoxy groups -OCH3 is 1. The van der Waals surface area contributed by atoms with E-state index in [2.05, 4.69) is 5.32 Å². The van der Waals surface area contributed by atoms with Crippen LogP contribution in [0.15, 0.2) is 0 Å². The molecule has 3 N–H and O–H groups in total. The molecule has 4 heteroatoms. The van der Waals surface area contributed by atoms with Crippen molar-refractivity contribution in [3.8, 4) is 0 Å². The Morgan fingerprint density at radius 2 is 2.18 bits per heavy atom. The Kier molecular flexibility index (Phi) is 8.61. The number of nitrogens with two attached hydrogens (primary N) is 1. The van der Waals surface area contributed by atoms with Gasteiger partial charge < -0.3 is 20.5 Å². The number of ether oxygens (including phenoxy) is 2. The summed E-state index contributed by atoms with van der Waals surface area (Å²) in [6.45, 7) is 4.37. The molecule has 1 fully saturated rings. The van der Waals surface area contributed by atoms with Crippen molar-refractivity contribution < 1.29 is 9.47 Å². The topological polar surface area (TPSA) is 56.5 Å². The molecule has 0 aromatic carbocycles. The predicted octanol–water partition coefficient (Wildman–Crippen LogP) is 1.15. The Labute approximate surface area is 105 Å². The standard InChI is InChI=1S/C13H28N2O2/c1-16-11-13(4-2-7-14)15-8-3-9-17-10-12-5-6-12/h12-13,15H,2-11,14H2,1H3. The third kappa shape index (κ3) is 8.55. The van der Waals surface area contributed by atoms with Gasteiger partial charge in [-0.05, 0) is 51.1 Å². The van der Waals surface area contributed by atoms with Crippen molar-refractivity contribution in [2.75, 3.05) is 40.0 Å². The second kappa shape index (κ2) is 9.83. The molecule has 0 aromatic rings. The molecule has 0 amide bonds. The van der Waals surface area contributed by atoms with Crippen molar-refractivity contribution in [2.45, 2.75) is 38.1 Å². The number of rotatable bonds is 12. The second-order valence-corrected chi connectivity index (χ2v) is 4.91. The van der Waals surface area contributed by atoms with E-state index < -0.39 is 0 Å². The van der Waals surface area contributed by atoms with Gasteiger partial charge in [-0.15, -0.1) is 0 Å². The Morgan fingerprint density at radius 1 is 1.35 bits per heavy atom. The fraction of sp³-hybridized carbons (Fsp3) is 1.00. The lowest BCUT2D eigenvalue weighted by atomic mass is 10.1. The predicted molar refractivity (Wildman–Crippen MR) is 70.1 cm³/mol. The molecule has 0 spiro atoms. The Morgan fingerprint density at radius 3 is 2.82 bits per heavy atom. The lowest BCUT2D eigenvalue weighted by Gasteiger charge is -2.17. The van der Waals surface area contributed by atoms with Crippen LogP contribution in [0.2, 0.25) is 0 Å². The van der Waals surface area contributed by atoms with Crippen molar-refractivity contribution in [1.82, 2.24) is 5.32 Å². The summed E-state index contributed by atoms with van der Waals surface area (Å²) < 4.78 is 10.8. The summed E-state index contributed by atoms with van der Waals surface area (Å²) in [6.07, 6.45) is 5.96. The summed E-state index contributed by atoms with van der Waals surface area (Å²) >= 11 is 0. The third-order valence-electron chi connectivity index (χ3n) is 3.07. The molecule has 1 rings (SSSR count). The van der Waals surface area contributed by atoms with E-state index in [1.54, 1.807) is 7.11 Å². The molecule has 1 atom stereocenters. The average Bonchev–Trinajstić information content (AvgIpc) is 3.14. The molecular formula is C13H28N2O2. The lowest BCUT2D eigenvalue weighted by molar-refractivity contribution is 0.118. The maximum atomic E-state index is 5.59. The minimum atomic E-state index is 0.437. The van der Waals surface area contributed by atoms with Crippen LogP contribution in [0.3, 0.4) is 0 Å². The summed E-state index contributed by atoms with van der Waals surface area (Å²) in [5.41, 5.74) is 5.51. The van der Waals surface area contributed by atoms with Gasteiger partial charge in [0.25, 0.3) is 0 Å². The summed E-state index contributed by atoms with van der Waals surface area (Å²) in [6, 6.07) is 0.437.